The quantitative estimate of drug-likeness (QED) is 0.528. The number of ether oxygens (including phenoxy) is 2. The van der Waals surface area contributed by atoms with Crippen molar-refractivity contribution in [3.63, 3.8) is 0 Å². The number of halogens is 1. The summed E-state index contributed by atoms with van der Waals surface area (Å²) in [5.41, 5.74) is 3.77. The lowest BCUT2D eigenvalue weighted by Gasteiger charge is -2.16. The average Bonchev–Trinajstić information content (AvgIpc) is 2.66. The van der Waals surface area contributed by atoms with E-state index in [-0.39, 0.29) is 5.57 Å². The van der Waals surface area contributed by atoms with Crippen LogP contribution in [0.2, 0.25) is 0 Å². The molecular weight excluding hydrogens is 440 g/mol. The largest absolute Gasteiger partial charge is 0.493 e. The molecule has 29 heavy (non-hydrogen) atoms. The summed E-state index contributed by atoms with van der Waals surface area (Å²) in [7, 11) is 1.50. The summed E-state index contributed by atoms with van der Waals surface area (Å²) < 4.78 is 12.0. The number of rotatable bonds is 5. The summed E-state index contributed by atoms with van der Waals surface area (Å²) in [4.78, 5) is 35.0. The normalized spacial score (nSPS) is 13.7. The number of methoxy groups -OCH3 is 1. The number of aryl methyl sites for hydroxylation is 2. The van der Waals surface area contributed by atoms with Crippen molar-refractivity contribution in [1.82, 2.24) is 10.6 Å². The first-order chi connectivity index (χ1) is 13.8. The summed E-state index contributed by atoms with van der Waals surface area (Å²) in [5.74, 6) is -0.587. The molecule has 0 aliphatic carbocycles. The molecule has 3 rings (SSSR count). The first kappa shape index (κ1) is 20.6. The van der Waals surface area contributed by atoms with Crippen LogP contribution in [0, 0.1) is 13.8 Å². The Labute approximate surface area is 176 Å². The summed E-state index contributed by atoms with van der Waals surface area (Å²) in [6.07, 6.45) is 1.37. The van der Waals surface area contributed by atoms with Crippen LogP contribution in [0.15, 0.2) is 40.4 Å². The van der Waals surface area contributed by atoms with Crippen LogP contribution in [-0.2, 0) is 16.2 Å². The molecule has 0 radical (unpaired) electrons. The summed E-state index contributed by atoms with van der Waals surface area (Å²) in [6.45, 7) is 4.45. The number of benzene rings is 2. The molecule has 1 aliphatic rings. The molecule has 0 spiro atoms. The number of amides is 4. The number of hydrogen-bond acceptors (Lipinski definition) is 5. The Morgan fingerprint density at radius 3 is 2.31 bits per heavy atom. The average molecular weight is 459 g/mol. The maximum absolute atomic E-state index is 11.9. The SMILES string of the molecule is COc1cc(C=C2C(=O)NC(=O)NC2=O)cc(Br)c1OCc1ccc(C)c(C)c1. The Morgan fingerprint density at radius 1 is 1.00 bits per heavy atom. The van der Waals surface area contributed by atoms with Crippen LogP contribution in [0.5, 0.6) is 11.5 Å². The number of nitrogens with one attached hydrogen (secondary N) is 2. The van der Waals surface area contributed by atoms with E-state index in [9.17, 15) is 14.4 Å². The van der Waals surface area contributed by atoms with Gasteiger partial charge < -0.3 is 9.47 Å². The molecule has 2 N–H and O–H groups in total. The fourth-order valence-corrected chi connectivity index (χ4v) is 3.36. The van der Waals surface area contributed by atoms with Gasteiger partial charge in [0.1, 0.15) is 12.2 Å². The highest BCUT2D eigenvalue weighted by molar-refractivity contribution is 9.10. The van der Waals surface area contributed by atoms with Gasteiger partial charge in [0.2, 0.25) is 0 Å². The zero-order valence-corrected chi connectivity index (χ0v) is 17.7. The standard InChI is InChI=1S/C21H19BrN2O5/c1-11-4-5-13(6-12(11)2)10-29-18-16(22)8-14(9-17(18)28-3)7-15-19(25)23-21(27)24-20(15)26/h4-9H,10H2,1-3H3,(H2,23,24,25,26,27). The lowest BCUT2D eigenvalue weighted by atomic mass is 10.1. The van der Waals surface area contributed by atoms with Crippen molar-refractivity contribution in [1.29, 1.82) is 0 Å². The molecule has 1 saturated heterocycles. The smallest absolute Gasteiger partial charge is 0.328 e. The maximum Gasteiger partial charge on any atom is 0.328 e. The molecule has 1 heterocycles. The molecule has 0 bridgehead atoms. The molecule has 0 saturated carbocycles. The topological polar surface area (TPSA) is 93.7 Å². The molecule has 4 amide bonds. The van der Waals surface area contributed by atoms with Crippen LogP contribution in [-0.4, -0.2) is 25.0 Å². The monoisotopic (exact) mass is 458 g/mol. The van der Waals surface area contributed by atoms with Crippen molar-refractivity contribution in [2.45, 2.75) is 20.5 Å². The van der Waals surface area contributed by atoms with Gasteiger partial charge in [-0.15, -0.1) is 0 Å². The van der Waals surface area contributed by atoms with Gasteiger partial charge in [-0.05, 0) is 70.2 Å². The molecule has 0 atom stereocenters. The van der Waals surface area contributed by atoms with E-state index in [1.165, 1.54) is 24.3 Å². The van der Waals surface area contributed by atoms with Gasteiger partial charge in [0.15, 0.2) is 11.5 Å². The predicted molar refractivity (Wildman–Crippen MR) is 111 cm³/mol. The second kappa shape index (κ2) is 8.48. The second-order valence-electron chi connectivity index (χ2n) is 6.54. The number of urea groups is 1. The van der Waals surface area contributed by atoms with Crippen LogP contribution in [0.1, 0.15) is 22.3 Å². The van der Waals surface area contributed by atoms with Crippen molar-refractivity contribution in [2.75, 3.05) is 7.11 Å². The van der Waals surface area contributed by atoms with E-state index in [4.69, 9.17) is 9.47 Å². The van der Waals surface area contributed by atoms with Crippen molar-refractivity contribution < 1.29 is 23.9 Å². The molecule has 1 fully saturated rings. The third-order valence-electron chi connectivity index (χ3n) is 4.46. The summed E-state index contributed by atoms with van der Waals surface area (Å²) >= 11 is 3.45. The fourth-order valence-electron chi connectivity index (χ4n) is 2.79. The number of barbiturate groups is 1. The number of carbonyl (C=O) groups excluding carboxylic acids is 3. The molecular formula is C21H19BrN2O5. The minimum absolute atomic E-state index is 0.178. The van der Waals surface area contributed by atoms with Gasteiger partial charge in [0, 0.05) is 0 Å². The minimum atomic E-state index is -0.842. The Hall–Kier alpha value is -3.13. The zero-order valence-electron chi connectivity index (χ0n) is 16.1. The Morgan fingerprint density at radius 2 is 1.69 bits per heavy atom. The van der Waals surface area contributed by atoms with E-state index in [0.717, 1.165) is 5.56 Å². The Balaban J connectivity index is 1.86. The molecule has 7 nitrogen and oxygen atoms in total. The fraction of sp³-hybridized carbons (Fsp3) is 0.190. The highest BCUT2D eigenvalue weighted by Gasteiger charge is 2.27. The lowest BCUT2D eigenvalue weighted by Crippen LogP contribution is -2.51. The summed E-state index contributed by atoms with van der Waals surface area (Å²) in [5, 5.41) is 4.07. The van der Waals surface area contributed by atoms with Crippen LogP contribution in [0.3, 0.4) is 0 Å². The number of carbonyl (C=O) groups is 3. The van der Waals surface area contributed by atoms with Gasteiger partial charge >= 0.3 is 6.03 Å². The van der Waals surface area contributed by atoms with Crippen molar-refractivity contribution in [3.8, 4) is 11.5 Å². The predicted octanol–water partition coefficient (Wildman–Crippen LogP) is 3.40. The van der Waals surface area contributed by atoms with Gasteiger partial charge in [-0.25, -0.2) is 4.79 Å². The third kappa shape index (κ3) is 4.65. The van der Waals surface area contributed by atoms with E-state index in [1.54, 1.807) is 12.1 Å². The molecule has 0 aromatic heterocycles. The van der Waals surface area contributed by atoms with E-state index in [2.05, 4.69) is 28.9 Å². The van der Waals surface area contributed by atoms with Crippen LogP contribution >= 0.6 is 15.9 Å². The first-order valence-electron chi connectivity index (χ1n) is 8.73. The van der Waals surface area contributed by atoms with Gasteiger partial charge in [0.25, 0.3) is 11.8 Å². The molecule has 2 aromatic carbocycles. The number of hydrogen-bond donors (Lipinski definition) is 2. The summed E-state index contributed by atoms with van der Waals surface area (Å²) in [6, 6.07) is 8.61. The molecule has 2 aromatic rings. The van der Waals surface area contributed by atoms with Crippen LogP contribution in [0.25, 0.3) is 6.08 Å². The van der Waals surface area contributed by atoms with Gasteiger partial charge in [-0.2, -0.15) is 0 Å². The lowest BCUT2D eigenvalue weighted by molar-refractivity contribution is -0.123. The molecule has 1 aliphatic heterocycles. The molecule has 0 unspecified atom stereocenters. The highest BCUT2D eigenvalue weighted by atomic mass is 79.9. The second-order valence-corrected chi connectivity index (χ2v) is 7.39. The van der Waals surface area contributed by atoms with Gasteiger partial charge in [0.05, 0.1) is 11.6 Å². The minimum Gasteiger partial charge on any atom is -0.493 e. The van der Waals surface area contributed by atoms with Crippen LogP contribution < -0.4 is 20.1 Å². The van der Waals surface area contributed by atoms with E-state index >= 15 is 0 Å². The van der Waals surface area contributed by atoms with E-state index in [1.807, 2.05) is 29.7 Å². The van der Waals surface area contributed by atoms with Crippen LogP contribution in [0.4, 0.5) is 4.79 Å². The van der Waals surface area contributed by atoms with E-state index in [0.29, 0.717) is 28.1 Å². The molecule has 150 valence electrons. The maximum atomic E-state index is 11.9. The Bertz CT molecular complexity index is 1020. The zero-order chi connectivity index (χ0) is 21.1. The van der Waals surface area contributed by atoms with Gasteiger partial charge in [-0.3, -0.25) is 20.2 Å². The number of imide groups is 2. The van der Waals surface area contributed by atoms with Crippen molar-refractivity contribution in [3.05, 3.63) is 62.6 Å². The Kier molecular flexibility index (Phi) is 6.03. The third-order valence-corrected chi connectivity index (χ3v) is 5.05. The van der Waals surface area contributed by atoms with E-state index < -0.39 is 17.8 Å². The van der Waals surface area contributed by atoms with Gasteiger partial charge in [-0.1, -0.05) is 18.2 Å². The van der Waals surface area contributed by atoms with Crippen molar-refractivity contribution in [2.24, 2.45) is 0 Å². The molecule has 8 heteroatoms. The van der Waals surface area contributed by atoms with Crippen molar-refractivity contribution >= 4 is 39.9 Å². The highest BCUT2D eigenvalue weighted by Crippen LogP contribution is 2.38. The first-order valence-corrected chi connectivity index (χ1v) is 9.52.